The van der Waals surface area contributed by atoms with Crippen molar-refractivity contribution < 1.29 is 0 Å². The highest BCUT2D eigenvalue weighted by molar-refractivity contribution is 8.93. The van der Waals surface area contributed by atoms with E-state index in [-0.39, 0.29) is 17.0 Å². The molecular formula is C15H13BrN2. The van der Waals surface area contributed by atoms with E-state index in [1.807, 2.05) is 42.6 Å². The Morgan fingerprint density at radius 3 is 1.89 bits per heavy atom. The maximum absolute atomic E-state index is 4.15. The first-order chi connectivity index (χ1) is 8.45. The zero-order valence-electron chi connectivity index (χ0n) is 9.71. The number of hydrogen-bond donors (Lipinski definition) is 1. The third-order valence-corrected chi connectivity index (χ3v) is 2.79. The van der Waals surface area contributed by atoms with Crippen LogP contribution < -0.4 is 0 Å². The number of hydrogen-bond acceptors (Lipinski definition) is 1. The zero-order valence-corrected chi connectivity index (χ0v) is 11.4. The Morgan fingerprint density at radius 2 is 1.28 bits per heavy atom. The monoisotopic (exact) mass is 300 g/mol. The molecule has 0 amide bonds. The highest BCUT2D eigenvalue weighted by atomic mass is 79.9. The fraction of sp³-hybridized carbons (Fsp3) is 0. The van der Waals surface area contributed by atoms with Crippen LogP contribution in [0.1, 0.15) is 0 Å². The predicted molar refractivity (Wildman–Crippen MR) is 79.8 cm³/mol. The Balaban J connectivity index is 0.00000120. The molecule has 2 aromatic carbocycles. The molecule has 18 heavy (non-hydrogen) atoms. The largest absolute Gasteiger partial charge is 0.277 e. The molecule has 0 spiro atoms. The standard InChI is InChI=1S/C15H12N2.BrH/c1-3-7-12(8-4-1)14-11-16-17-15(14)13-9-5-2-6-10-13;/h1-11H,(H,16,17);1H. The molecule has 0 atom stereocenters. The summed E-state index contributed by atoms with van der Waals surface area (Å²) in [5.74, 6) is 0. The Labute approximate surface area is 116 Å². The summed E-state index contributed by atoms with van der Waals surface area (Å²) in [6.07, 6.45) is 1.87. The molecule has 1 heterocycles. The maximum Gasteiger partial charge on any atom is 0.0728 e. The van der Waals surface area contributed by atoms with Crippen LogP contribution in [-0.4, -0.2) is 10.2 Å². The van der Waals surface area contributed by atoms with Gasteiger partial charge in [-0.15, -0.1) is 17.0 Å². The molecule has 0 unspecified atom stereocenters. The molecule has 90 valence electrons. The van der Waals surface area contributed by atoms with E-state index in [9.17, 15) is 0 Å². The van der Waals surface area contributed by atoms with Crippen molar-refractivity contribution in [3.63, 3.8) is 0 Å². The average Bonchev–Trinajstić information content (AvgIpc) is 2.90. The fourth-order valence-electron chi connectivity index (χ4n) is 1.95. The van der Waals surface area contributed by atoms with Crippen LogP contribution in [0.4, 0.5) is 0 Å². The molecule has 1 aromatic heterocycles. The number of nitrogens with zero attached hydrogens (tertiary/aromatic N) is 1. The van der Waals surface area contributed by atoms with Crippen LogP contribution in [0.5, 0.6) is 0 Å². The number of H-pyrrole nitrogens is 1. The molecule has 3 heteroatoms. The lowest BCUT2D eigenvalue weighted by molar-refractivity contribution is 1.10. The Hall–Kier alpha value is -1.87. The molecule has 0 aliphatic rings. The molecule has 3 aromatic rings. The lowest BCUT2D eigenvalue weighted by atomic mass is 10.0. The van der Waals surface area contributed by atoms with Crippen LogP contribution >= 0.6 is 17.0 Å². The van der Waals surface area contributed by atoms with Gasteiger partial charge in [0, 0.05) is 11.1 Å². The van der Waals surface area contributed by atoms with Crippen LogP contribution in [0.2, 0.25) is 0 Å². The van der Waals surface area contributed by atoms with Gasteiger partial charge in [0.25, 0.3) is 0 Å². The molecule has 0 radical (unpaired) electrons. The Morgan fingerprint density at radius 1 is 0.722 bits per heavy atom. The van der Waals surface area contributed by atoms with Crippen molar-refractivity contribution in [1.82, 2.24) is 10.2 Å². The highest BCUT2D eigenvalue weighted by Gasteiger charge is 2.08. The first-order valence-corrected chi connectivity index (χ1v) is 5.59. The summed E-state index contributed by atoms with van der Waals surface area (Å²) in [5.41, 5.74) is 4.54. The summed E-state index contributed by atoms with van der Waals surface area (Å²) >= 11 is 0. The topological polar surface area (TPSA) is 28.7 Å². The van der Waals surface area contributed by atoms with Crippen molar-refractivity contribution in [3.05, 3.63) is 66.9 Å². The zero-order chi connectivity index (χ0) is 11.5. The van der Waals surface area contributed by atoms with E-state index < -0.39 is 0 Å². The minimum atomic E-state index is 0. The lowest BCUT2D eigenvalue weighted by Crippen LogP contribution is -1.81. The predicted octanol–water partition coefficient (Wildman–Crippen LogP) is 4.32. The SMILES string of the molecule is Br.c1ccc(-c2cn[nH]c2-c2ccccc2)cc1. The van der Waals surface area contributed by atoms with Crippen molar-refractivity contribution >= 4 is 17.0 Å². The van der Waals surface area contributed by atoms with Gasteiger partial charge < -0.3 is 0 Å². The van der Waals surface area contributed by atoms with E-state index >= 15 is 0 Å². The molecule has 0 bridgehead atoms. The van der Waals surface area contributed by atoms with Crippen LogP contribution in [0.25, 0.3) is 22.4 Å². The van der Waals surface area contributed by atoms with Gasteiger partial charge in [0.1, 0.15) is 0 Å². The van der Waals surface area contributed by atoms with Crippen molar-refractivity contribution in [2.24, 2.45) is 0 Å². The fourth-order valence-corrected chi connectivity index (χ4v) is 1.95. The second-order valence-corrected chi connectivity index (χ2v) is 3.89. The number of nitrogens with one attached hydrogen (secondary N) is 1. The van der Waals surface area contributed by atoms with E-state index in [1.54, 1.807) is 0 Å². The Kier molecular flexibility index (Phi) is 3.95. The molecule has 0 fully saturated rings. The minimum Gasteiger partial charge on any atom is -0.277 e. The molecule has 1 N–H and O–H groups in total. The number of benzene rings is 2. The van der Waals surface area contributed by atoms with Crippen molar-refractivity contribution in [2.45, 2.75) is 0 Å². The summed E-state index contributed by atoms with van der Waals surface area (Å²) < 4.78 is 0. The van der Waals surface area contributed by atoms with Gasteiger partial charge in [0.2, 0.25) is 0 Å². The molecule has 2 nitrogen and oxygen atoms in total. The third kappa shape index (κ3) is 2.36. The first-order valence-electron chi connectivity index (χ1n) is 5.59. The van der Waals surface area contributed by atoms with Crippen LogP contribution in [-0.2, 0) is 0 Å². The van der Waals surface area contributed by atoms with Crippen LogP contribution in [0.3, 0.4) is 0 Å². The summed E-state index contributed by atoms with van der Waals surface area (Å²) in [4.78, 5) is 0. The van der Waals surface area contributed by atoms with Crippen molar-refractivity contribution in [1.29, 1.82) is 0 Å². The maximum atomic E-state index is 4.15. The minimum absolute atomic E-state index is 0. The van der Waals surface area contributed by atoms with Gasteiger partial charge in [-0.05, 0) is 5.56 Å². The molecule has 0 aliphatic carbocycles. The van der Waals surface area contributed by atoms with Gasteiger partial charge in [0.05, 0.1) is 11.9 Å². The van der Waals surface area contributed by atoms with Crippen molar-refractivity contribution in [2.75, 3.05) is 0 Å². The Bertz CT molecular complexity index is 549. The van der Waals surface area contributed by atoms with Gasteiger partial charge in [-0.2, -0.15) is 5.10 Å². The molecule has 0 saturated heterocycles. The van der Waals surface area contributed by atoms with E-state index in [2.05, 4.69) is 34.5 Å². The average molecular weight is 301 g/mol. The summed E-state index contributed by atoms with van der Waals surface area (Å²) in [6, 6.07) is 20.5. The summed E-state index contributed by atoms with van der Waals surface area (Å²) in [7, 11) is 0. The van der Waals surface area contributed by atoms with E-state index in [1.165, 1.54) is 5.56 Å². The van der Waals surface area contributed by atoms with E-state index in [4.69, 9.17) is 0 Å². The second-order valence-electron chi connectivity index (χ2n) is 3.89. The van der Waals surface area contributed by atoms with Crippen molar-refractivity contribution in [3.8, 4) is 22.4 Å². The second kappa shape index (κ2) is 5.65. The normalized spacial score (nSPS) is 9.78. The van der Waals surface area contributed by atoms with Crippen LogP contribution in [0.15, 0.2) is 66.9 Å². The van der Waals surface area contributed by atoms with E-state index in [0.717, 1.165) is 16.8 Å². The van der Waals surface area contributed by atoms with Crippen LogP contribution in [0, 0.1) is 0 Å². The van der Waals surface area contributed by atoms with Gasteiger partial charge in [-0.3, -0.25) is 5.10 Å². The van der Waals surface area contributed by atoms with Gasteiger partial charge in [-0.1, -0.05) is 60.7 Å². The van der Waals surface area contributed by atoms with Gasteiger partial charge in [-0.25, -0.2) is 0 Å². The van der Waals surface area contributed by atoms with Gasteiger partial charge in [0.15, 0.2) is 0 Å². The quantitative estimate of drug-likeness (QED) is 0.750. The van der Waals surface area contributed by atoms with Gasteiger partial charge >= 0.3 is 0 Å². The first kappa shape index (κ1) is 12.6. The third-order valence-electron chi connectivity index (χ3n) is 2.79. The lowest BCUT2D eigenvalue weighted by Gasteiger charge is -2.02. The molecule has 3 rings (SSSR count). The molecular weight excluding hydrogens is 288 g/mol. The highest BCUT2D eigenvalue weighted by Crippen LogP contribution is 2.29. The molecule has 0 saturated carbocycles. The number of aromatic nitrogens is 2. The number of aromatic amines is 1. The summed E-state index contributed by atoms with van der Waals surface area (Å²) in [6.45, 7) is 0. The van der Waals surface area contributed by atoms with E-state index in [0.29, 0.717) is 0 Å². The number of rotatable bonds is 2. The summed E-state index contributed by atoms with van der Waals surface area (Å²) in [5, 5.41) is 7.22. The molecule has 0 aliphatic heterocycles. The smallest absolute Gasteiger partial charge is 0.0728 e. The number of halogens is 1.